The Morgan fingerprint density at radius 3 is 2.27 bits per heavy atom. The highest BCUT2D eigenvalue weighted by atomic mass is 16.7. The van der Waals surface area contributed by atoms with E-state index in [9.17, 15) is 0 Å². The van der Waals surface area contributed by atoms with Gasteiger partial charge in [0, 0.05) is 12.3 Å². The Morgan fingerprint density at radius 1 is 0.733 bits per heavy atom. The van der Waals surface area contributed by atoms with Crippen LogP contribution in [-0.2, 0) is 9.47 Å². The van der Waals surface area contributed by atoms with E-state index in [2.05, 4.69) is 34.6 Å². The minimum atomic E-state index is -0.254. The second kappa shape index (κ2) is 6.72. The summed E-state index contributed by atoms with van der Waals surface area (Å²) in [7, 11) is 0. The third kappa shape index (κ3) is 2.62. The molecule has 0 N–H and O–H groups in total. The van der Waals surface area contributed by atoms with Gasteiger partial charge in [0.2, 0.25) is 0 Å². The van der Waals surface area contributed by atoms with E-state index in [1.165, 1.54) is 57.8 Å². The van der Waals surface area contributed by atoms with Crippen molar-refractivity contribution < 1.29 is 9.47 Å². The molecule has 2 aliphatic heterocycles. The molecule has 12 atom stereocenters. The summed E-state index contributed by atoms with van der Waals surface area (Å²) in [6.45, 7) is 13.6. The molecule has 4 saturated carbocycles. The Kier molecular flexibility index (Phi) is 4.60. The van der Waals surface area contributed by atoms with Crippen molar-refractivity contribution in [1.82, 2.24) is 0 Å². The maximum absolute atomic E-state index is 6.93. The van der Waals surface area contributed by atoms with Crippen molar-refractivity contribution in [3.63, 3.8) is 0 Å². The SMILES string of the molecule is CC1CC[C@@]2(OC1)O[C@H]1C[C@H]3[C@@H]4CC[C@@H]5C[C@@H](C)CC[C@]5(C)[C@H]4CC[C@]3(C)[C@H]1[C@@H]2C. The molecule has 0 aromatic heterocycles. The number of hydrogen-bond acceptors (Lipinski definition) is 2. The van der Waals surface area contributed by atoms with Crippen LogP contribution >= 0.6 is 0 Å². The average Bonchev–Trinajstić information content (AvgIpc) is 3.16. The first-order chi connectivity index (χ1) is 14.3. The monoisotopic (exact) mass is 414 g/mol. The zero-order valence-electron chi connectivity index (χ0n) is 20.3. The first kappa shape index (κ1) is 20.5. The van der Waals surface area contributed by atoms with Gasteiger partial charge in [0.15, 0.2) is 5.79 Å². The number of fused-ring (bicyclic) bond motifs is 7. The fourth-order valence-corrected chi connectivity index (χ4v) is 10.5. The lowest BCUT2D eigenvalue weighted by Crippen LogP contribution is -2.54. The van der Waals surface area contributed by atoms with E-state index >= 15 is 0 Å². The molecular weight excluding hydrogens is 368 g/mol. The zero-order valence-corrected chi connectivity index (χ0v) is 20.3. The van der Waals surface area contributed by atoms with Crippen molar-refractivity contribution in [2.24, 2.45) is 58.2 Å². The van der Waals surface area contributed by atoms with Gasteiger partial charge >= 0.3 is 0 Å². The molecule has 0 bridgehead atoms. The molecule has 0 aromatic carbocycles. The number of rotatable bonds is 0. The largest absolute Gasteiger partial charge is 0.349 e. The molecule has 0 radical (unpaired) electrons. The Bertz CT molecular complexity index is 680. The highest BCUT2D eigenvalue weighted by Crippen LogP contribution is 2.71. The van der Waals surface area contributed by atoms with Crippen LogP contribution in [0.15, 0.2) is 0 Å². The number of ether oxygens (including phenoxy) is 2. The van der Waals surface area contributed by atoms with Gasteiger partial charge in [-0.15, -0.1) is 0 Å². The fraction of sp³-hybridized carbons (Fsp3) is 1.00. The Hall–Kier alpha value is -0.0800. The lowest BCUT2D eigenvalue weighted by molar-refractivity contribution is -0.273. The Balaban J connectivity index is 1.26. The molecule has 4 aliphatic carbocycles. The Morgan fingerprint density at radius 2 is 1.50 bits per heavy atom. The maximum Gasteiger partial charge on any atom is 0.171 e. The summed E-state index contributed by atoms with van der Waals surface area (Å²) in [4.78, 5) is 0. The van der Waals surface area contributed by atoms with E-state index in [1.54, 1.807) is 0 Å². The third-order valence-electron chi connectivity index (χ3n) is 12.2. The number of hydrogen-bond donors (Lipinski definition) is 0. The van der Waals surface area contributed by atoms with Crippen LogP contribution in [0, 0.1) is 58.2 Å². The predicted molar refractivity (Wildman–Crippen MR) is 121 cm³/mol. The zero-order chi connectivity index (χ0) is 20.9. The molecule has 2 nitrogen and oxygen atoms in total. The van der Waals surface area contributed by atoms with Gasteiger partial charge in [-0.1, -0.05) is 41.0 Å². The van der Waals surface area contributed by atoms with Crippen LogP contribution < -0.4 is 0 Å². The summed E-state index contributed by atoms with van der Waals surface area (Å²) in [5, 5.41) is 0. The highest BCUT2D eigenvalue weighted by Gasteiger charge is 2.69. The molecule has 0 amide bonds. The molecule has 0 aromatic rings. The molecule has 170 valence electrons. The standard InChI is InChI=1S/C28H46O2/c1-17-8-11-26(4)20(14-17)6-7-21-22(26)10-12-27(5)23(21)15-24-25(27)19(3)28(30-24)13-9-18(2)16-29-28/h17-25H,6-16H2,1-5H3/t17-,18?,19-,20+,21+,22-,23-,24-,25-,26-,27-,28+/m0/s1. The van der Waals surface area contributed by atoms with Crippen molar-refractivity contribution in [3.05, 3.63) is 0 Å². The fourth-order valence-electron chi connectivity index (χ4n) is 10.5. The van der Waals surface area contributed by atoms with Gasteiger partial charge < -0.3 is 9.47 Å². The smallest absolute Gasteiger partial charge is 0.171 e. The van der Waals surface area contributed by atoms with Crippen molar-refractivity contribution in [1.29, 1.82) is 0 Å². The Labute approximate surface area is 185 Å². The molecule has 1 unspecified atom stereocenters. The molecule has 6 fully saturated rings. The van der Waals surface area contributed by atoms with Crippen LogP contribution in [0.4, 0.5) is 0 Å². The summed E-state index contributed by atoms with van der Waals surface area (Å²) < 4.78 is 13.4. The van der Waals surface area contributed by atoms with Crippen LogP contribution in [0.2, 0.25) is 0 Å². The maximum atomic E-state index is 6.93. The van der Waals surface area contributed by atoms with Gasteiger partial charge in [-0.05, 0) is 104 Å². The van der Waals surface area contributed by atoms with Crippen LogP contribution in [0.1, 0.15) is 98.8 Å². The first-order valence-electron chi connectivity index (χ1n) is 13.6. The summed E-state index contributed by atoms with van der Waals surface area (Å²) in [5.41, 5.74) is 1.11. The average molecular weight is 415 g/mol. The predicted octanol–water partition coefficient (Wildman–Crippen LogP) is 7.07. The molecule has 2 heteroatoms. The van der Waals surface area contributed by atoms with E-state index in [0.29, 0.717) is 34.7 Å². The van der Waals surface area contributed by atoms with Gasteiger partial charge in [0.25, 0.3) is 0 Å². The molecule has 6 rings (SSSR count). The second-order valence-corrected chi connectivity index (χ2v) is 13.6. The minimum absolute atomic E-state index is 0.254. The highest BCUT2D eigenvalue weighted by molar-refractivity contribution is 5.15. The minimum Gasteiger partial charge on any atom is -0.349 e. The van der Waals surface area contributed by atoms with Crippen LogP contribution in [0.25, 0.3) is 0 Å². The van der Waals surface area contributed by atoms with Crippen LogP contribution in [-0.4, -0.2) is 18.5 Å². The molecular formula is C28H46O2. The summed E-state index contributed by atoms with van der Waals surface area (Å²) in [6.07, 6.45) is 14.6. The topological polar surface area (TPSA) is 18.5 Å². The second-order valence-electron chi connectivity index (χ2n) is 13.6. The van der Waals surface area contributed by atoms with Crippen molar-refractivity contribution >= 4 is 0 Å². The van der Waals surface area contributed by atoms with E-state index in [1.807, 2.05) is 0 Å². The van der Waals surface area contributed by atoms with Gasteiger partial charge in [0.1, 0.15) is 0 Å². The van der Waals surface area contributed by atoms with Gasteiger partial charge in [-0.2, -0.15) is 0 Å². The van der Waals surface area contributed by atoms with E-state index < -0.39 is 0 Å². The quantitative estimate of drug-likeness (QED) is 0.422. The third-order valence-corrected chi connectivity index (χ3v) is 12.2. The van der Waals surface area contributed by atoms with E-state index in [4.69, 9.17) is 9.47 Å². The van der Waals surface area contributed by atoms with Crippen LogP contribution in [0.5, 0.6) is 0 Å². The summed E-state index contributed by atoms with van der Waals surface area (Å²) in [5.74, 6) is 6.52. The lowest BCUT2D eigenvalue weighted by atomic mass is 9.44. The summed E-state index contributed by atoms with van der Waals surface area (Å²) >= 11 is 0. The van der Waals surface area contributed by atoms with Gasteiger partial charge in [-0.25, -0.2) is 0 Å². The normalized spacial score (nSPS) is 62.5. The van der Waals surface area contributed by atoms with Crippen molar-refractivity contribution in [2.45, 2.75) is 111 Å². The van der Waals surface area contributed by atoms with E-state index in [-0.39, 0.29) is 5.79 Å². The van der Waals surface area contributed by atoms with Crippen LogP contribution in [0.3, 0.4) is 0 Å². The van der Waals surface area contributed by atoms with Gasteiger partial charge in [-0.3, -0.25) is 0 Å². The molecule has 30 heavy (non-hydrogen) atoms. The summed E-state index contributed by atoms with van der Waals surface area (Å²) in [6, 6.07) is 0. The molecule has 2 heterocycles. The first-order valence-corrected chi connectivity index (χ1v) is 13.6. The van der Waals surface area contributed by atoms with Crippen molar-refractivity contribution in [2.75, 3.05) is 6.61 Å². The molecule has 2 saturated heterocycles. The van der Waals surface area contributed by atoms with E-state index in [0.717, 1.165) is 42.6 Å². The molecule has 1 spiro atoms. The van der Waals surface area contributed by atoms with Crippen molar-refractivity contribution in [3.8, 4) is 0 Å². The molecule has 6 aliphatic rings. The lowest BCUT2D eigenvalue weighted by Gasteiger charge is -2.61. The van der Waals surface area contributed by atoms with Gasteiger partial charge in [0.05, 0.1) is 12.7 Å².